The number of likely N-dealkylation sites (tertiary alicyclic amines) is 1. The highest BCUT2D eigenvalue weighted by Gasteiger charge is 2.41. The summed E-state index contributed by atoms with van der Waals surface area (Å²) in [5.74, 6) is 0.122. The van der Waals surface area contributed by atoms with Gasteiger partial charge < -0.3 is 14.7 Å². The van der Waals surface area contributed by atoms with Crippen molar-refractivity contribution in [1.29, 1.82) is 0 Å². The number of carbonyl (C=O) groups excluding carboxylic acids is 2. The molecular formula is C27H26BrN3O5. The standard InChI is InChI=1S/C27H26BrN3O5/c28-26-13-22(36-30-26)9-10-25(33)24-12-20(18-5-7-21(32)8-6-18)15-31(24)27(34)35-16-17-11-19-3-1-2-4-23(19)29-14-17/h1-8,11,14,20,22,24,32H,9-10,12-13,15-16H2/t20-,22-,24+/m1/s1. The van der Waals surface area contributed by atoms with E-state index in [1.54, 1.807) is 18.3 Å². The molecule has 3 atom stereocenters. The van der Waals surface area contributed by atoms with Crippen molar-refractivity contribution < 1.29 is 24.3 Å². The number of phenols is 1. The first-order valence-electron chi connectivity index (χ1n) is 11.9. The van der Waals surface area contributed by atoms with Crippen molar-refractivity contribution in [3.63, 3.8) is 0 Å². The second-order valence-electron chi connectivity index (χ2n) is 9.19. The van der Waals surface area contributed by atoms with E-state index in [2.05, 4.69) is 26.1 Å². The predicted molar refractivity (Wildman–Crippen MR) is 138 cm³/mol. The number of aromatic hydroxyl groups is 1. The number of benzene rings is 2. The van der Waals surface area contributed by atoms with Gasteiger partial charge in [0, 0.05) is 42.5 Å². The number of rotatable bonds is 7. The number of ether oxygens (including phenoxy) is 1. The van der Waals surface area contributed by atoms with Gasteiger partial charge in [0.2, 0.25) is 0 Å². The van der Waals surface area contributed by atoms with E-state index >= 15 is 0 Å². The number of fused-ring (bicyclic) bond motifs is 1. The number of hydrogen-bond donors (Lipinski definition) is 1. The Morgan fingerprint density at radius 3 is 2.75 bits per heavy atom. The molecule has 1 aromatic heterocycles. The van der Waals surface area contributed by atoms with Crippen LogP contribution in [0.25, 0.3) is 10.9 Å². The van der Waals surface area contributed by atoms with Gasteiger partial charge in [0.25, 0.3) is 0 Å². The van der Waals surface area contributed by atoms with Crippen LogP contribution in [0, 0.1) is 0 Å². The van der Waals surface area contributed by atoms with Crippen LogP contribution in [0.3, 0.4) is 0 Å². The Morgan fingerprint density at radius 1 is 1.17 bits per heavy atom. The quantitative estimate of drug-likeness (QED) is 0.428. The van der Waals surface area contributed by atoms with Crippen LogP contribution in [0.5, 0.6) is 5.75 Å². The van der Waals surface area contributed by atoms with Gasteiger partial charge in [-0.25, -0.2) is 4.79 Å². The van der Waals surface area contributed by atoms with E-state index < -0.39 is 12.1 Å². The van der Waals surface area contributed by atoms with Crippen molar-refractivity contribution in [3.05, 3.63) is 71.9 Å². The molecule has 0 bridgehead atoms. The van der Waals surface area contributed by atoms with E-state index in [9.17, 15) is 14.7 Å². The number of ketones is 1. The van der Waals surface area contributed by atoms with Crippen LogP contribution in [-0.2, 0) is 21.0 Å². The van der Waals surface area contributed by atoms with Crippen molar-refractivity contribution in [2.45, 2.75) is 50.4 Å². The molecule has 0 aliphatic carbocycles. The van der Waals surface area contributed by atoms with E-state index in [4.69, 9.17) is 9.57 Å². The van der Waals surface area contributed by atoms with Crippen LogP contribution >= 0.6 is 15.9 Å². The van der Waals surface area contributed by atoms with Gasteiger partial charge in [-0.15, -0.1) is 0 Å². The topological polar surface area (TPSA) is 101 Å². The second kappa shape index (κ2) is 10.7. The lowest BCUT2D eigenvalue weighted by Crippen LogP contribution is -2.41. The van der Waals surface area contributed by atoms with Crippen molar-refractivity contribution >= 4 is 43.3 Å². The number of phenolic OH excluding ortho intramolecular Hbond substituents is 1. The summed E-state index contributed by atoms with van der Waals surface area (Å²) in [5.41, 5.74) is 2.62. The van der Waals surface area contributed by atoms with Gasteiger partial charge in [0.15, 0.2) is 5.78 Å². The maximum Gasteiger partial charge on any atom is 0.410 e. The fourth-order valence-corrected chi connectivity index (χ4v) is 5.22. The normalized spacial score (nSPS) is 21.3. The molecule has 1 saturated heterocycles. The van der Waals surface area contributed by atoms with E-state index in [-0.39, 0.29) is 36.6 Å². The number of pyridine rings is 1. The van der Waals surface area contributed by atoms with E-state index in [1.165, 1.54) is 4.90 Å². The molecule has 0 radical (unpaired) electrons. The van der Waals surface area contributed by atoms with Crippen LogP contribution in [0.15, 0.2) is 65.9 Å². The van der Waals surface area contributed by atoms with Gasteiger partial charge in [-0.2, -0.15) is 0 Å². The first-order valence-corrected chi connectivity index (χ1v) is 12.7. The number of carbonyl (C=O) groups is 2. The van der Waals surface area contributed by atoms with Crippen LogP contribution in [-0.4, -0.2) is 50.2 Å². The molecule has 186 valence electrons. The SMILES string of the molecule is O=C(CC[C@@H]1CC(Br)=NO1)[C@@H]1C[C@@H](c2ccc(O)cc2)CN1C(=O)OCc1cnc2ccccc2c1. The molecular weight excluding hydrogens is 526 g/mol. The van der Waals surface area contributed by atoms with Crippen molar-refractivity contribution in [3.8, 4) is 5.75 Å². The second-order valence-corrected chi connectivity index (χ2v) is 10.1. The van der Waals surface area contributed by atoms with Crippen molar-refractivity contribution in [2.24, 2.45) is 5.16 Å². The van der Waals surface area contributed by atoms with Gasteiger partial charge >= 0.3 is 6.09 Å². The summed E-state index contributed by atoms with van der Waals surface area (Å²) < 4.78 is 6.38. The Morgan fingerprint density at radius 2 is 1.97 bits per heavy atom. The lowest BCUT2D eigenvalue weighted by atomic mass is 9.94. The third-order valence-electron chi connectivity index (χ3n) is 6.69. The average molecular weight is 552 g/mol. The summed E-state index contributed by atoms with van der Waals surface area (Å²) in [6.45, 7) is 0.434. The predicted octanol–water partition coefficient (Wildman–Crippen LogP) is 5.28. The molecule has 2 aromatic carbocycles. The fraction of sp³-hybridized carbons (Fsp3) is 0.333. The maximum atomic E-state index is 13.2. The largest absolute Gasteiger partial charge is 0.508 e. The van der Waals surface area contributed by atoms with Gasteiger partial charge in [-0.05, 0) is 58.6 Å². The number of nitrogens with zero attached hydrogens (tertiary/aromatic N) is 3. The highest BCUT2D eigenvalue weighted by Crippen LogP contribution is 2.34. The number of amides is 1. The molecule has 5 rings (SSSR count). The molecule has 9 heteroatoms. The molecule has 1 N–H and O–H groups in total. The highest BCUT2D eigenvalue weighted by molar-refractivity contribution is 9.18. The first-order chi connectivity index (χ1) is 17.5. The van der Waals surface area contributed by atoms with E-state index in [0.29, 0.717) is 25.8 Å². The molecule has 36 heavy (non-hydrogen) atoms. The molecule has 3 heterocycles. The number of hydrogen-bond acceptors (Lipinski definition) is 7. The number of para-hydroxylation sites is 1. The molecule has 1 amide bonds. The Balaban J connectivity index is 1.27. The minimum Gasteiger partial charge on any atom is -0.508 e. The van der Waals surface area contributed by atoms with Crippen LogP contribution in [0.1, 0.15) is 42.7 Å². The average Bonchev–Trinajstić information content (AvgIpc) is 3.53. The molecule has 2 aliphatic heterocycles. The number of Topliss-reactive ketones (excluding diaryl/α,β-unsaturated/α-hetero) is 1. The van der Waals surface area contributed by atoms with Crippen LogP contribution in [0.2, 0.25) is 0 Å². The Bertz CT molecular complexity index is 1300. The maximum absolute atomic E-state index is 13.2. The van der Waals surface area contributed by atoms with Crippen molar-refractivity contribution in [1.82, 2.24) is 9.88 Å². The molecule has 0 unspecified atom stereocenters. The van der Waals surface area contributed by atoms with Crippen molar-refractivity contribution in [2.75, 3.05) is 6.54 Å². The zero-order valence-electron chi connectivity index (χ0n) is 19.5. The molecule has 0 saturated carbocycles. The van der Waals surface area contributed by atoms with Crippen LogP contribution in [0.4, 0.5) is 4.79 Å². The summed E-state index contributed by atoms with van der Waals surface area (Å²) >= 11 is 3.32. The first kappa shape index (κ1) is 24.2. The van der Waals surface area contributed by atoms with E-state index in [1.807, 2.05) is 42.5 Å². The zero-order valence-corrected chi connectivity index (χ0v) is 21.1. The summed E-state index contributed by atoms with van der Waals surface area (Å²) in [6, 6.07) is 16.0. The Kier molecular flexibility index (Phi) is 7.18. The molecule has 8 nitrogen and oxygen atoms in total. The minimum atomic E-state index is -0.586. The summed E-state index contributed by atoms with van der Waals surface area (Å²) in [5, 5.41) is 14.5. The summed E-state index contributed by atoms with van der Waals surface area (Å²) in [6.07, 6.45) is 2.99. The molecule has 1 fully saturated rings. The monoisotopic (exact) mass is 551 g/mol. The number of oxime groups is 1. The minimum absolute atomic E-state index is 0.0211. The Hall–Kier alpha value is -3.46. The van der Waals surface area contributed by atoms with Gasteiger partial charge in [-0.1, -0.05) is 35.5 Å². The number of aromatic nitrogens is 1. The van der Waals surface area contributed by atoms with Gasteiger partial charge in [-0.3, -0.25) is 14.7 Å². The third-order valence-corrected chi connectivity index (χ3v) is 7.16. The molecule has 2 aliphatic rings. The smallest absolute Gasteiger partial charge is 0.410 e. The fourth-order valence-electron chi connectivity index (χ4n) is 4.77. The summed E-state index contributed by atoms with van der Waals surface area (Å²) in [7, 11) is 0. The molecule has 0 spiro atoms. The lowest BCUT2D eigenvalue weighted by molar-refractivity contribution is -0.123. The highest BCUT2D eigenvalue weighted by atomic mass is 79.9. The Labute approximate surface area is 217 Å². The summed E-state index contributed by atoms with van der Waals surface area (Å²) in [4.78, 5) is 37.7. The van der Waals surface area contributed by atoms with E-state index in [0.717, 1.165) is 26.7 Å². The van der Waals surface area contributed by atoms with Gasteiger partial charge in [0.1, 0.15) is 23.1 Å². The van der Waals surface area contributed by atoms with Crippen LogP contribution < -0.4 is 0 Å². The zero-order chi connectivity index (χ0) is 25.1. The lowest BCUT2D eigenvalue weighted by Gasteiger charge is -2.23. The third kappa shape index (κ3) is 5.51. The van der Waals surface area contributed by atoms with Gasteiger partial charge in [0.05, 0.1) is 11.6 Å². The number of halogens is 1. The molecule has 3 aromatic rings.